The normalized spacial score (nSPS) is 9.64. The van der Waals surface area contributed by atoms with Crippen LogP contribution in [-0.2, 0) is 0 Å². The second kappa shape index (κ2) is 3.63. The molecule has 0 aromatic heterocycles. The first-order valence-electron chi connectivity index (χ1n) is 3.54. The zero-order valence-corrected chi connectivity index (χ0v) is 7.74. The minimum atomic E-state index is 1.20. The van der Waals surface area contributed by atoms with Crippen LogP contribution in [0.1, 0.15) is 11.1 Å². The van der Waals surface area contributed by atoms with Crippen molar-refractivity contribution in [3.63, 3.8) is 0 Å². The maximum Gasteiger partial charge on any atom is 0.00777 e. The fourth-order valence-electron chi connectivity index (χ4n) is 1.01. The Bertz CT molecular complexity index is 264. The van der Waals surface area contributed by atoms with Crippen LogP contribution in [0, 0.1) is 6.92 Å². The molecular formula is C10H12S. The average Bonchev–Trinajstić information content (AvgIpc) is 2.03. The van der Waals surface area contributed by atoms with E-state index in [-0.39, 0.29) is 0 Å². The largest absolute Gasteiger partial charge is 0.130 e. The molecule has 0 radical (unpaired) electrons. The van der Waals surface area contributed by atoms with Crippen LogP contribution in [0.15, 0.2) is 29.7 Å². The third kappa shape index (κ3) is 2.12. The molecule has 0 aliphatic heterocycles. The number of aryl methyl sites for hydroxylation is 1. The molecule has 0 unspecified atom stereocenters. The summed E-state index contributed by atoms with van der Waals surface area (Å²) in [6, 6.07) is 6.45. The summed E-state index contributed by atoms with van der Waals surface area (Å²) in [7, 11) is 0. The maximum atomic E-state index is 3.74. The monoisotopic (exact) mass is 164 g/mol. The molecular weight excluding hydrogens is 152 g/mol. The number of hydrogen-bond acceptors (Lipinski definition) is 1. The van der Waals surface area contributed by atoms with Crippen LogP contribution >= 0.6 is 11.8 Å². The summed E-state index contributed by atoms with van der Waals surface area (Å²) in [5.41, 5.74) is 2.50. The summed E-state index contributed by atoms with van der Waals surface area (Å²) < 4.78 is 0. The molecule has 11 heavy (non-hydrogen) atoms. The Balaban J connectivity index is 3.11. The van der Waals surface area contributed by atoms with Crippen LogP contribution in [-0.4, -0.2) is 6.26 Å². The molecule has 0 bridgehead atoms. The minimum absolute atomic E-state index is 1.20. The molecule has 58 valence electrons. The van der Waals surface area contributed by atoms with E-state index in [2.05, 4.69) is 38.0 Å². The van der Waals surface area contributed by atoms with Gasteiger partial charge in [-0.05, 0) is 36.4 Å². The zero-order valence-electron chi connectivity index (χ0n) is 6.92. The minimum Gasteiger partial charge on any atom is -0.130 e. The molecule has 0 atom stereocenters. The first-order valence-corrected chi connectivity index (χ1v) is 4.77. The van der Waals surface area contributed by atoms with Crippen LogP contribution in [0.2, 0.25) is 0 Å². The van der Waals surface area contributed by atoms with E-state index in [1.165, 1.54) is 16.0 Å². The van der Waals surface area contributed by atoms with Crippen LogP contribution in [0.25, 0.3) is 6.08 Å². The smallest absolute Gasteiger partial charge is 0.00777 e. The fourth-order valence-corrected chi connectivity index (χ4v) is 1.57. The first-order chi connectivity index (χ1) is 5.26. The number of benzene rings is 1. The third-order valence-electron chi connectivity index (χ3n) is 1.54. The van der Waals surface area contributed by atoms with Crippen molar-refractivity contribution in [1.29, 1.82) is 0 Å². The molecule has 0 amide bonds. The van der Waals surface area contributed by atoms with Crippen molar-refractivity contribution in [2.75, 3.05) is 6.26 Å². The van der Waals surface area contributed by atoms with Gasteiger partial charge in [-0.2, -0.15) is 0 Å². The molecule has 0 spiro atoms. The molecule has 0 saturated carbocycles. The Morgan fingerprint density at radius 1 is 1.36 bits per heavy atom. The van der Waals surface area contributed by atoms with Crippen molar-refractivity contribution in [3.05, 3.63) is 35.9 Å². The van der Waals surface area contributed by atoms with Gasteiger partial charge >= 0.3 is 0 Å². The quantitative estimate of drug-likeness (QED) is 0.604. The molecule has 1 aromatic rings. The van der Waals surface area contributed by atoms with E-state index in [0.29, 0.717) is 0 Å². The van der Waals surface area contributed by atoms with Gasteiger partial charge in [-0.25, -0.2) is 0 Å². The van der Waals surface area contributed by atoms with Gasteiger partial charge in [-0.3, -0.25) is 0 Å². The van der Waals surface area contributed by atoms with Crippen LogP contribution in [0.3, 0.4) is 0 Å². The molecule has 1 aromatic carbocycles. The van der Waals surface area contributed by atoms with Gasteiger partial charge in [-0.1, -0.05) is 18.7 Å². The maximum absolute atomic E-state index is 3.74. The van der Waals surface area contributed by atoms with E-state index >= 15 is 0 Å². The van der Waals surface area contributed by atoms with Crippen LogP contribution < -0.4 is 0 Å². The molecule has 0 saturated heterocycles. The SMILES string of the molecule is C=Cc1cc(C)cc(SC)c1. The summed E-state index contributed by atoms with van der Waals surface area (Å²) in [4.78, 5) is 1.31. The highest BCUT2D eigenvalue weighted by molar-refractivity contribution is 7.98. The highest BCUT2D eigenvalue weighted by atomic mass is 32.2. The average molecular weight is 164 g/mol. The van der Waals surface area contributed by atoms with Gasteiger partial charge in [-0.15, -0.1) is 11.8 Å². The zero-order chi connectivity index (χ0) is 8.27. The summed E-state index contributed by atoms with van der Waals surface area (Å²) in [5, 5.41) is 0. The number of thioether (sulfide) groups is 1. The van der Waals surface area contributed by atoms with Gasteiger partial charge in [0.25, 0.3) is 0 Å². The Hall–Kier alpha value is -0.690. The molecule has 0 fully saturated rings. The van der Waals surface area contributed by atoms with Crippen molar-refractivity contribution in [1.82, 2.24) is 0 Å². The lowest BCUT2D eigenvalue weighted by Gasteiger charge is -2.00. The van der Waals surface area contributed by atoms with Gasteiger partial charge in [0.05, 0.1) is 0 Å². The lowest BCUT2D eigenvalue weighted by Crippen LogP contribution is -1.78. The van der Waals surface area contributed by atoms with Crippen molar-refractivity contribution < 1.29 is 0 Å². The first kappa shape index (κ1) is 8.41. The molecule has 0 aliphatic rings. The van der Waals surface area contributed by atoms with Gasteiger partial charge in [0.15, 0.2) is 0 Å². The Kier molecular flexibility index (Phi) is 2.77. The highest BCUT2D eigenvalue weighted by Gasteiger charge is 1.93. The summed E-state index contributed by atoms with van der Waals surface area (Å²) in [6.07, 6.45) is 3.97. The lowest BCUT2D eigenvalue weighted by molar-refractivity contribution is 1.35. The highest BCUT2D eigenvalue weighted by Crippen LogP contribution is 2.18. The summed E-state index contributed by atoms with van der Waals surface area (Å²) in [5.74, 6) is 0. The lowest BCUT2D eigenvalue weighted by atomic mass is 10.1. The second-order valence-corrected chi connectivity index (χ2v) is 3.37. The molecule has 0 N–H and O–H groups in total. The standard InChI is InChI=1S/C10H12S/c1-4-9-5-8(2)6-10(7-9)11-3/h4-7H,1H2,2-3H3. The van der Waals surface area contributed by atoms with Crippen molar-refractivity contribution in [2.45, 2.75) is 11.8 Å². The van der Waals surface area contributed by atoms with E-state index in [4.69, 9.17) is 0 Å². The molecule has 1 heteroatoms. The number of hydrogen-bond donors (Lipinski definition) is 0. The topological polar surface area (TPSA) is 0 Å². The summed E-state index contributed by atoms with van der Waals surface area (Å²) in [6.45, 7) is 5.84. The third-order valence-corrected chi connectivity index (χ3v) is 2.25. The van der Waals surface area contributed by atoms with Crippen molar-refractivity contribution >= 4 is 17.8 Å². The van der Waals surface area contributed by atoms with Gasteiger partial charge < -0.3 is 0 Å². The van der Waals surface area contributed by atoms with E-state index in [9.17, 15) is 0 Å². The number of rotatable bonds is 2. The Labute approximate surface area is 72.3 Å². The van der Waals surface area contributed by atoms with E-state index in [1.54, 1.807) is 11.8 Å². The van der Waals surface area contributed by atoms with E-state index in [0.717, 1.165) is 0 Å². The predicted octanol–water partition coefficient (Wildman–Crippen LogP) is 3.36. The van der Waals surface area contributed by atoms with Crippen molar-refractivity contribution in [3.8, 4) is 0 Å². The van der Waals surface area contributed by atoms with Gasteiger partial charge in [0.1, 0.15) is 0 Å². The van der Waals surface area contributed by atoms with Crippen molar-refractivity contribution in [2.24, 2.45) is 0 Å². The molecule has 1 rings (SSSR count). The Morgan fingerprint density at radius 3 is 2.64 bits per heavy atom. The Morgan fingerprint density at radius 2 is 2.09 bits per heavy atom. The molecule has 0 heterocycles. The summed E-state index contributed by atoms with van der Waals surface area (Å²) >= 11 is 1.76. The fraction of sp³-hybridized carbons (Fsp3) is 0.200. The molecule has 0 nitrogen and oxygen atoms in total. The second-order valence-electron chi connectivity index (χ2n) is 2.49. The van der Waals surface area contributed by atoms with E-state index in [1.807, 2.05) is 6.08 Å². The van der Waals surface area contributed by atoms with Crippen LogP contribution in [0.5, 0.6) is 0 Å². The molecule has 0 aliphatic carbocycles. The van der Waals surface area contributed by atoms with Gasteiger partial charge in [0, 0.05) is 4.90 Å². The predicted molar refractivity (Wildman–Crippen MR) is 53.1 cm³/mol. The van der Waals surface area contributed by atoms with Crippen LogP contribution in [0.4, 0.5) is 0 Å². The van der Waals surface area contributed by atoms with E-state index < -0.39 is 0 Å². The van der Waals surface area contributed by atoms with Gasteiger partial charge in [0.2, 0.25) is 0 Å².